The maximum Gasteiger partial charge on any atom is 0.140 e. The van der Waals surface area contributed by atoms with Gasteiger partial charge in [-0.3, -0.25) is 19.2 Å². The monoisotopic (exact) mass is 240 g/mol. The molecule has 0 aliphatic rings. The van der Waals surface area contributed by atoms with E-state index in [1.807, 2.05) is 0 Å². The van der Waals surface area contributed by atoms with Gasteiger partial charge in [0.05, 0.1) is 11.8 Å². The number of hydrogen-bond acceptors (Lipinski definition) is 4. The number of carbonyl (C=O) groups is 4. The zero-order valence-electron chi connectivity index (χ0n) is 11.1. The van der Waals surface area contributed by atoms with Crippen molar-refractivity contribution in [1.29, 1.82) is 0 Å². The van der Waals surface area contributed by atoms with E-state index in [9.17, 15) is 19.2 Å². The normalized spacial score (nSPS) is 12.6. The highest BCUT2D eigenvalue weighted by atomic mass is 16.2. The molecule has 0 aromatic carbocycles. The molecule has 0 rings (SSSR count). The molecule has 4 heteroatoms. The van der Waals surface area contributed by atoms with Crippen molar-refractivity contribution >= 4 is 23.1 Å². The van der Waals surface area contributed by atoms with Crippen LogP contribution in [-0.4, -0.2) is 23.1 Å². The third kappa shape index (κ3) is 4.59. The summed E-state index contributed by atoms with van der Waals surface area (Å²) in [6.45, 7) is 7.16. The summed E-state index contributed by atoms with van der Waals surface area (Å²) in [5.74, 6) is -2.55. The minimum Gasteiger partial charge on any atom is -0.299 e. The SMILES string of the molecule is CC(=O)C(CC(C)C(C(C)=O)C(C)=O)C(C)=O. The molecule has 0 heterocycles. The third-order valence-corrected chi connectivity index (χ3v) is 3.03. The summed E-state index contributed by atoms with van der Waals surface area (Å²) in [7, 11) is 0. The molecule has 0 fully saturated rings. The van der Waals surface area contributed by atoms with Crippen LogP contribution in [0.3, 0.4) is 0 Å². The lowest BCUT2D eigenvalue weighted by molar-refractivity contribution is -0.136. The standard InChI is InChI=1S/C13H20O4/c1-7(13(10(4)16)11(5)17)6-12(8(2)14)9(3)15/h7,12-13H,6H2,1-5H3. The van der Waals surface area contributed by atoms with Gasteiger partial charge >= 0.3 is 0 Å². The van der Waals surface area contributed by atoms with Gasteiger partial charge in [-0.15, -0.1) is 0 Å². The lowest BCUT2D eigenvalue weighted by Crippen LogP contribution is -2.31. The van der Waals surface area contributed by atoms with Crippen molar-refractivity contribution in [2.24, 2.45) is 17.8 Å². The lowest BCUT2D eigenvalue weighted by Gasteiger charge is -2.21. The third-order valence-electron chi connectivity index (χ3n) is 3.03. The second-order valence-electron chi connectivity index (χ2n) is 4.69. The molecule has 0 N–H and O–H groups in total. The topological polar surface area (TPSA) is 68.3 Å². The molecular weight excluding hydrogens is 220 g/mol. The molecule has 0 amide bonds. The van der Waals surface area contributed by atoms with Crippen molar-refractivity contribution in [2.75, 3.05) is 0 Å². The van der Waals surface area contributed by atoms with Gasteiger partial charge in [0.25, 0.3) is 0 Å². The van der Waals surface area contributed by atoms with Crippen molar-refractivity contribution in [3.63, 3.8) is 0 Å². The highest BCUT2D eigenvalue weighted by molar-refractivity contribution is 6.02. The molecule has 0 aliphatic carbocycles. The number of carbonyl (C=O) groups excluding carboxylic acids is 4. The molecule has 0 saturated heterocycles. The second-order valence-corrected chi connectivity index (χ2v) is 4.69. The zero-order chi connectivity index (χ0) is 13.7. The Hall–Kier alpha value is -1.32. The highest BCUT2D eigenvalue weighted by Gasteiger charge is 2.31. The smallest absolute Gasteiger partial charge is 0.140 e. The molecule has 17 heavy (non-hydrogen) atoms. The van der Waals surface area contributed by atoms with Crippen LogP contribution in [0.25, 0.3) is 0 Å². The molecular formula is C13H20O4. The molecule has 1 atom stereocenters. The largest absolute Gasteiger partial charge is 0.299 e. The quantitative estimate of drug-likeness (QED) is 0.634. The van der Waals surface area contributed by atoms with Crippen LogP contribution >= 0.6 is 0 Å². The molecule has 0 spiro atoms. The molecule has 0 aromatic rings. The first-order chi connectivity index (χ1) is 7.68. The first-order valence-corrected chi connectivity index (χ1v) is 5.70. The summed E-state index contributed by atoms with van der Waals surface area (Å²) in [4.78, 5) is 45.3. The van der Waals surface area contributed by atoms with Crippen molar-refractivity contribution in [2.45, 2.75) is 41.0 Å². The Morgan fingerprint density at radius 3 is 1.35 bits per heavy atom. The summed E-state index contributed by atoms with van der Waals surface area (Å²) in [6.07, 6.45) is 0.258. The second kappa shape index (κ2) is 6.42. The van der Waals surface area contributed by atoms with E-state index in [1.165, 1.54) is 27.7 Å². The van der Waals surface area contributed by atoms with E-state index in [2.05, 4.69) is 0 Å². The molecule has 1 unspecified atom stereocenters. The van der Waals surface area contributed by atoms with Crippen LogP contribution in [0.5, 0.6) is 0 Å². The van der Waals surface area contributed by atoms with Gasteiger partial charge in [0.1, 0.15) is 23.1 Å². The predicted octanol–water partition coefficient (Wildman–Crippen LogP) is 1.60. The van der Waals surface area contributed by atoms with Crippen molar-refractivity contribution < 1.29 is 19.2 Å². The van der Waals surface area contributed by atoms with Gasteiger partial charge in [-0.2, -0.15) is 0 Å². The number of ketones is 4. The minimum atomic E-state index is -0.712. The Bertz CT molecular complexity index is 315. The van der Waals surface area contributed by atoms with E-state index in [0.29, 0.717) is 0 Å². The summed E-state index contributed by atoms with van der Waals surface area (Å²) < 4.78 is 0. The summed E-state index contributed by atoms with van der Waals surface area (Å²) in [6, 6.07) is 0. The molecule has 0 bridgehead atoms. The van der Waals surface area contributed by atoms with Gasteiger partial charge in [-0.25, -0.2) is 0 Å². The van der Waals surface area contributed by atoms with Gasteiger partial charge < -0.3 is 0 Å². The number of Topliss-reactive ketones (excluding diaryl/α,β-unsaturated/α-hetero) is 4. The molecule has 96 valence electrons. The number of hydrogen-bond donors (Lipinski definition) is 0. The van der Waals surface area contributed by atoms with Crippen LogP contribution in [0.15, 0.2) is 0 Å². The average Bonchev–Trinajstić information content (AvgIpc) is 2.11. The summed E-state index contributed by atoms with van der Waals surface area (Å²) >= 11 is 0. The summed E-state index contributed by atoms with van der Waals surface area (Å²) in [5.41, 5.74) is 0. The van der Waals surface area contributed by atoms with Crippen molar-refractivity contribution in [3.05, 3.63) is 0 Å². The van der Waals surface area contributed by atoms with E-state index in [4.69, 9.17) is 0 Å². The van der Waals surface area contributed by atoms with Crippen LogP contribution in [-0.2, 0) is 19.2 Å². The van der Waals surface area contributed by atoms with Gasteiger partial charge in [0.2, 0.25) is 0 Å². The predicted molar refractivity (Wildman–Crippen MR) is 63.5 cm³/mol. The van der Waals surface area contributed by atoms with Gasteiger partial charge in [0, 0.05) is 0 Å². The van der Waals surface area contributed by atoms with E-state index in [1.54, 1.807) is 6.92 Å². The van der Waals surface area contributed by atoms with Gasteiger partial charge in [0.15, 0.2) is 0 Å². The Labute approximate surface area is 102 Å². The first kappa shape index (κ1) is 15.7. The van der Waals surface area contributed by atoms with Crippen LogP contribution in [0.4, 0.5) is 0 Å². The minimum absolute atomic E-state index is 0.212. The van der Waals surface area contributed by atoms with Gasteiger partial charge in [-0.1, -0.05) is 6.92 Å². The van der Waals surface area contributed by atoms with E-state index in [-0.39, 0.29) is 35.5 Å². The number of rotatable bonds is 7. The first-order valence-electron chi connectivity index (χ1n) is 5.70. The van der Waals surface area contributed by atoms with E-state index >= 15 is 0 Å². The fraction of sp³-hybridized carbons (Fsp3) is 0.692. The maximum atomic E-state index is 11.4. The zero-order valence-corrected chi connectivity index (χ0v) is 11.1. The Morgan fingerprint density at radius 1 is 0.765 bits per heavy atom. The molecule has 4 nitrogen and oxygen atoms in total. The van der Waals surface area contributed by atoms with Gasteiger partial charge in [-0.05, 0) is 40.0 Å². The van der Waals surface area contributed by atoms with Crippen LogP contribution in [0.1, 0.15) is 41.0 Å². The Kier molecular flexibility index (Phi) is 5.93. The maximum absolute atomic E-state index is 11.4. The highest BCUT2D eigenvalue weighted by Crippen LogP contribution is 2.23. The molecule has 0 saturated carbocycles. The van der Waals surface area contributed by atoms with Crippen LogP contribution < -0.4 is 0 Å². The van der Waals surface area contributed by atoms with E-state index < -0.39 is 11.8 Å². The van der Waals surface area contributed by atoms with Crippen molar-refractivity contribution in [3.8, 4) is 0 Å². The molecule has 0 radical (unpaired) electrons. The van der Waals surface area contributed by atoms with Crippen LogP contribution in [0, 0.1) is 17.8 Å². The lowest BCUT2D eigenvalue weighted by atomic mass is 9.79. The fourth-order valence-corrected chi connectivity index (χ4v) is 2.21. The molecule has 0 aromatic heterocycles. The van der Waals surface area contributed by atoms with Crippen LogP contribution in [0.2, 0.25) is 0 Å². The fourth-order valence-electron chi connectivity index (χ4n) is 2.21. The Morgan fingerprint density at radius 2 is 1.12 bits per heavy atom. The Balaban J connectivity index is 4.86. The van der Waals surface area contributed by atoms with E-state index in [0.717, 1.165) is 0 Å². The summed E-state index contributed by atoms with van der Waals surface area (Å²) in [5, 5.41) is 0. The average molecular weight is 240 g/mol. The van der Waals surface area contributed by atoms with Crippen molar-refractivity contribution in [1.82, 2.24) is 0 Å². The molecule has 0 aliphatic heterocycles.